The number of aryl methyl sites for hydroxylation is 1. The zero-order valence-electron chi connectivity index (χ0n) is 9.03. The summed E-state index contributed by atoms with van der Waals surface area (Å²) in [5, 5.41) is 8.80. The van der Waals surface area contributed by atoms with Gasteiger partial charge in [0.15, 0.2) is 0 Å². The average molecular weight is 205 g/mol. The molecule has 0 amide bonds. The molecule has 0 spiro atoms. The molecule has 1 atom stereocenters. The fourth-order valence-electron chi connectivity index (χ4n) is 2.33. The summed E-state index contributed by atoms with van der Waals surface area (Å²) in [5.41, 5.74) is 3.57. The van der Waals surface area contributed by atoms with Crippen LogP contribution in [0, 0.1) is 6.92 Å². The SMILES string of the molecule is Cc1cn(CC(=O)O)c2c1C(C)CC=C2. The highest BCUT2D eigenvalue weighted by Gasteiger charge is 2.19. The second-order valence-electron chi connectivity index (χ2n) is 4.17. The third kappa shape index (κ3) is 1.69. The lowest BCUT2D eigenvalue weighted by Gasteiger charge is -2.16. The van der Waals surface area contributed by atoms with E-state index in [1.165, 1.54) is 11.1 Å². The third-order valence-corrected chi connectivity index (χ3v) is 2.92. The van der Waals surface area contributed by atoms with E-state index < -0.39 is 5.97 Å². The van der Waals surface area contributed by atoms with Gasteiger partial charge in [-0.1, -0.05) is 13.0 Å². The van der Waals surface area contributed by atoms with Crippen LogP contribution in [0.1, 0.15) is 36.1 Å². The molecule has 1 N–H and O–H groups in total. The Kier molecular flexibility index (Phi) is 2.39. The molecule has 15 heavy (non-hydrogen) atoms. The van der Waals surface area contributed by atoms with E-state index in [4.69, 9.17) is 5.11 Å². The second-order valence-corrected chi connectivity index (χ2v) is 4.17. The number of carboxylic acid groups (broad SMARTS) is 1. The number of nitrogens with zero attached hydrogens (tertiary/aromatic N) is 1. The smallest absolute Gasteiger partial charge is 0.323 e. The number of hydrogen-bond acceptors (Lipinski definition) is 1. The Balaban J connectivity index is 2.47. The Morgan fingerprint density at radius 2 is 2.40 bits per heavy atom. The lowest BCUT2D eigenvalue weighted by molar-refractivity contribution is -0.137. The number of rotatable bonds is 2. The molecular weight excluding hydrogens is 190 g/mol. The predicted octanol–water partition coefficient (Wildman–Crippen LogP) is 2.40. The van der Waals surface area contributed by atoms with Crippen molar-refractivity contribution in [1.29, 1.82) is 0 Å². The lowest BCUT2D eigenvalue weighted by Crippen LogP contribution is -2.10. The summed E-state index contributed by atoms with van der Waals surface area (Å²) in [7, 11) is 0. The van der Waals surface area contributed by atoms with Gasteiger partial charge in [-0.25, -0.2) is 0 Å². The van der Waals surface area contributed by atoms with Crippen molar-refractivity contribution in [2.75, 3.05) is 0 Å². The van der Waals surface area contributed by atoms with Gasteiger partial charge in [0.05, 0.1) is 0 Å². The first kappa shape index (κ1) is 10.0. The second kappa shape index (κ2) is 3.57. The molecule has 1 heterocycles. The Hall–Kier alpha value is -1.51. The number of carboxylic acids is 1. The molecule has 0 aliphatic heterocycles. The van der Waals surface area contributed by atoms with Crippen molar-refractivity contribution in [2.24, 2.45) is 0 Å². The van der Waals surface area contributed by atoms with Gasteiger partial charge in [-0.2, -0.15) is 0 Å². The van der Waals surface area contributed by atoms with Gasteiger partial charge in [0, 0.05) is 11.9 Å². The minimum absolute atomic E-state index is 0.0488. The van der Waals surface area contributed by atoms with Crippen LogP contribution in [-0.2, 0) is 11.3 Å². The molecular formula is C12H15NO2. The van der Waals surface area contributed by atoms with Crippen LogP contribution in [0.4, 0.5) is 0 Å². The predicted molar refractivity (Wildman–Crippen MR) is 58.9 cm³/mol. The van der Waals surface area contributed by atoms with E-state index in [2.05, 4.69) is 13.0 Å². The number of aromatic nitrogens is 1. The van der Waals surface area contributed by atoms with Crippen molar-refractivity contribution in [3.05, 3.63) is 29.1 Å². The molecule has 1 aliphatic carbocycles. The van der Waals surface area contributed by atoms with Crippen molar-refractivity contribution >= 4 is 12.0 Å². The molecule has 1 aromatic heterocycles. The quantitative estimate of drug-likeness (QED) is 0.805. The molecule has 0 saturated heterocycles. The molecule has 1 unspecified atom stereocenters. The van der Waals surface area contributed by atoms with E-state index in [0.29, 0.717) is 5.92 Å². The van der Waals surface area contributed by atoms with Crippen LogP contribution < -0.4 is 0 Å². The maximum Gasteiger partial charge on any atom is 0.323 e. The third-order valence-electron chi connectivity index (χ3n) is 2.92. The van der Waals surface area contributed by atoms with Crippen molar-refractivity contribution in [1.82, 2.24) is 4.57 Å². The standard InChI is InChI=1S/C12H15NO2/c1-8-4-3-5-10-12(8)9(2)6-13(10)7-11(14)15/h3,5-6,8H,4,7H2,1-2H3,(H,14,15). The van der Waals surface area contributed by atoms with Crippen LogP contribution in [0.25, 0.3) is 6.08 Å². The molecule has 3 heteroatoms. The Bertz CT molecular complexity index is 429. The van der Waals surface area contributed by atoms with Crippen LogP contribution in [0.15, 0.2) is 12.3 Å². The molecule has 0 saturated carbocycles. The molecule has 3 nitrogen and oxygen atoms in total. The zero-order valence-corrected chi connectivity index (χ0v) is 9.03. The average Bonchev–Trinajstić information content (AvgIpc) is 2.44. The number of allylic oxidation sites excluding steroid dienone is 1. The fourth-order valence-corrected chi connectivity index (χ4v) is 2.33. The van der Waals surface area contributed by atoms with Crippen molar-refractivity contribution in [3.8, 4) is 0 Å². The number of fused-ring (bicyclic) bond motifs is 1. The Morgan fingerprint density at radius 3 is 3.07 bits per heavy atom. The van der Waals surface area contributed by atoms with Gasteiger partial charge >= 0.3 is 5.97 Å². The monoisotopic (exact) mass is 205 g/mol. The number of hydrogen-bond donors (Lipinski definition) is 1. The van der Waals surface area contributed by atoms with E-state index in [1.807, 2.05) is 23.8 Å². The van der Waals surface area contributed by atoms with E-state index in [1.54, 1.807) is 0 Å². The minimum Gasteiger partial charge on any atom is -0.480 e. The van der Waals surface area contributed by atoms with Crippen LogP contribution in [-0.4, -0.2) is 15.6 Å². The Morgan fingerprint density at radius 1 is 1.67 bits per heavy atom. The fraction of sp³-hybridized carbons (Fsp3) is 0.417. The van der Waals surface area contributed by atoms with Gasteiger partial charge in [0.2, 0.25) is 0 Å². The maximum absolute atomic E-state index is 10.7. The van der Waals surface area contributed by atoms with E-state index in [0.717, 1.165) is 12.1 Å². The largest absolute Gasteiger partial charge is 0.480 e. The number of aliphatic carboxylic acids is 1. The summed E-state index contributed by atoms with van der Waals surface area (Å²) < 4.78 is 1.82. The van der Waals surface area contributed by atoms with Crippen molar-refractivity contribution in [2.45, 2.75) is 32.7 Å². The summed E-state index contributed by atoms with van der Waals surface area (Å²) in [6.07, 6.45) is 7.13. The first-order valence-corrected chi connectivity index (χ1v) is 5.17. The molecule has 2 rings (SSSR count). The van der Waals surface area contributed by atoms with Gasteiger partial charge in [-0.3, -0.25) is 4.79 Å². The summed E-state index contributed by atoms with van der Waals surface area (Å²) in [6.45, 7) is 4.28. The van der Waals surface area contributed by atoms with Gasteiger partial charge < -0.3 is 9.67 Å². The minimum atomic E-state index is -0.792. The summed E-state index contributed by atoms with van der Waals surface area (Å²) in [6, 6.07) is 0. The van der Waals surface area contributed by atoms with E-state index in [9.17, 15) is 4.79 Å². The van der Waals surface area contributed by atoms with E-state index in [-0.39, 0.29) is 6.54 Å². The highest BCUT2D eigenvalue weighted by molar-refractivity contribution is 5.68. The molecule has 0 aromatic carbocycles. The summed E-state index contributed by atoms with van der Waals surface area (Å²) in [4.78, 5) is 10.7. The lowest BCUT2D eigenvalue weighted by atomic mass is 9.91. The number of carbonyl (C=O) groups is 1. The molecule has 80 valence electrons. The van der Waals surface area contributed by atoms with Crippen LogP contribution in [0.5, 0.6) is 0 Å². The first-order valence-electron chi connectivity index (χ1n) is 5.17. The molecule has 0 fully saturated rings. The van der Waals surface area contributed by atoms with Crippen molar-refractivity contribution in [3.63, 3.8) is 0 Å². The van der Waals surface area contributed by atoms with Crippen LogP contribution >= 0.6 is 0 Å². The zero-order chi connectivity index (χ0) is 11.0. The maximum atomic E-state index is 10.7. The van der Waals surface area contributed by atoms with Gasteiger partial charge in [0.1, 0.15) is 6.54 Å². The van der Waals surface area contributed by atoms with Gasteiger partial charge in [-0.05, 0) is 36.5 Å². The van der Waals surface area contributed by atoms with Crippen LogP contribution in [0.3, 0.4) is 0 Å². The Labute approximate surface area is 89.0 Å². The summed E-state index contributed by atoms with van der Waals surface area (Å²) >= 11 is 0. The molecule has 1 aromatic rings. The molecule has 1 aliphatic rings. The highest BCUT2D eigenvalue weighted by Crippen LogP contribution is 2.33. The molecule has 0 bridgehead atoms. The normalized spacial score (nSPS) is 18.9. The molecule has 0 radical (unpaired) electrons. The van der Waals surface area contributed by atoms with Crippen molar-refractivity contribution < 1.29 is 9.90 Å². The summed E-state index contributed by atoms with van der Waals surface area (Å²) in [5.74, 6) is -0.292. The van der Waals surface area contributed by atoms with E-state index >= 15 is 0 Å². The first-order chi connectivity index (χ1) is 7.09. The topological polar surface area (TPSA) is 42.2 Å². The highest BCUT2D eigenvalue weighted by atomic mass is 16.4. The van der Waals surface area contributed by atoms with Crippen LogP contribution in [0.2, 0.25) is 0 Å². The van der Waals surface area contributed by atoms with Gasteiger partial charge in [-0.15, -0.1) is 0 Å². The van der Waals surface area contributed by atoms with Gasteiger partial charge in [0.25, 0.3) is 0 Å².